The van der Waals surface area contributed by atoms with E-state index in [9.17, 15) is 14.6 Å². The van der Waals surface area contributed by atoms with E-state index in [1.165, 1.54) is 5.56 Å². The fourth-order valence-corrected chi connectivity index (χ4v) is 4.48. The summed E-state index contributed by atoms with van der Waals surface area (Å²) in [5.41, 5.74) is 5.68. The van der Waals surface area contributed by atoms with Crippen LogP contribution in [0.5, 0.6) is 5.75 Å². The Morgan fingerprint density at radius 1 is 1.42 bits per heavy atom. The Hall–Kier alpha value is -0.340. The van der Waals surface area contributed by atoms with Gasteiger partial charge in [0.15, 0.2) is 8.38 Å². The van der Waals surface area contributed by atoms with Crippen molar-refractivity contribution in [2.24, 2.45) is 0 Å². The van der Waals surface area contributed by atoms with Gasteiger partial charge in [-0.15, -0.1) is 0 Å². The Morgan fingerprint density at radius 2 is 2.15 bits per heavy atom. The summed E-state index contributed by atoms with van der Waals surface area (Å²) in [5, 5.41) is 0. The van der Waals surface area contributed by atoms with E-state index in [2.05, 4.69) is 28.1 Å². The molecule has 1 aromatic carbocycles. The van der Waals surface area contributed by atoms with E-state index < -0.39 is 8.38 Å². The maximum absolute atomic E-state index is 12.3. The van der Waals surface area contributed by atoms with Gasteiger partial charge < -0.3 is 19.3 Å². The lowest BCUT2D eigenvalue weighted by Crippen LogP contribution is -2.11. The average molecular weight is 510 g/mol. The number of hydrogen-bond acceptors (Lipinski definition) is 6. The summed E-state index contributed by atoms with van der Waals surface area (Å²) >= 11 is 2.23. The van der Waals surface area contributed by atoms with Crippen molar-refractivity contribution in [1.82, 2.24) is 0 Å². The Bertz CT molecular complexity index is 706. The fourth-order valence-electron chi connectivity index (χ4n) is 3.22. The first-order valence-corrected chi connectivity index (χ1v) is 13.4. The Morgan fingerprint density at radius 3 is 2.77 bits per heavy atom. The van der Waals surface area contributed by atoms with Crippen molar-refractivity contribution in [3.05, 3.63) is 39.5 Å². The first-order valence-electron chi connectivity index (χ1n) is 8.42. The minimum Gasteiger partial charge on any atom is -0.491 e. The van der Waals surface area contributed by atoms with Gasteiger partial charge in [-0.2, -0.15) is 0 Å². The zero-order chi connectivity index (χ0) is 19.3. The molecule has 0 aliphatic carbocycles. The van der Waals surface area contributed by atoms with Crippen molar-refractivity contribution >= 4 is 44.5 Å². The lowest BCUT2D eigenvalue weighted by Gasteiger charge is -2.20. The third-order valence-electron chi connectivity index (χ3n) is 4.43. The molecular weight excluding hydrogens is 486 g/mol. The molecule has 0 amide bonds. The monoisotopic (exact) mass is 510 g/mol. The molecule has 144 valence electrons. The third kappa shape index (κ3) is 5.13. The predicted molar refractivity (Wildman–Crippen MR) is 115 cm³/mol. The quantitative estimate of drug-likeness (QED) is 0.168. The number of cyclic esters (lactones) is 1. The van der Waals surface area contributed by atoms with Gasteiger partial charge in [0.05, 0.1) is 6.61 Å². The summed E-state index contributed by atoms with van der Waals surface area (Å²) in [4.78, 5) is 30.7. The number of benzene rings is 1. The summed E-state index contributed by atoms with van der Waals surface area (Å²) in [6.45, 7) is 6.84. The van der Waals surface area contributed by atoms with Crippen LogP contribution >= 0.6 is 38.5 Å². The van der Waals surface area contributed by atoms with Crippen molar-refractivity contribution < 1.29 is 24.1 Å². The van der Waals surface area contributed by atoms with E-state index in [-0.39, 0.29) is 12.1 Å². The van der Waals surface area contributed by atoms with Crippen LogP contribution in [0.2, 0.25) is 0 Å². The van der Waals surface area contributed by atoms with E-state index in [1.54, 1.807) is 8.93 Å². The molecular formula is C18H24IO5PS. The van der Waals surface area contributed by atoms with Crippen molar-refractivity contribution in [3.8, 4) is 5.75 Å². The summed E-state index contributed by atoms with van der Waals surface area (Å²) in [6.07, 6.45) is 3.68. The fraction of sp³-hybridized carbons (Fsp3) is 0.500. The molecule has 5 nitrogen and oxygen atoms in total. The van der Waals surface area contributed by atoms with Crippen molar-refractivity contribution in [3.63, 3.8) is 0 Å². The van der Waals surface area contributed by atoms with Crippen molar-refractivity contribution in [2.75, 3.05) is 18.5 Å². The summed E-state index contributed by atoms with van der Waals surface area (Å²) in [5.74, 6) is 1.14. The Labute approximate surface area is 172 Å². The summed E-state index contributed by atoms with van der Waals surface area (Å²) < 4.78 is 11.3. The Kier molecular flexibility index (Phi) is 8.67. The Balaban J connectivity index is 2.50. The lowest BCUT2D eigenvalue weighted by atomic mass is 9.89. The van der Waals surface area contributed by atoms with E-state index >= 15 is 0 Å². The van der Waals surface area contributed by atoms with Gasteiger partial charge in [0, 0.05) is 23.0 Å². The van der Waals surface area contributed by atoms with Gasteiger partial charge in [-0.1, -0.05) is 27.5 Å². The van der Waals surface area contributed by atoms with Crippen LogP contribution < -0.4 is 4.74 Å². The maximum atomic E-state index is 12.3. The number of esters is 1. The number of fused-ring (bicyclic) bond motifs is 1. The van der Waals surface area contributed by atoms with Gasteiger partial charge in [0.1, 0.15) is 17.9 Å². The van der Waals surface area contributed by atoms with Gasteiger partial charge in [-0.3, -0.25) is 0 Å². The van der Waals surface area contributed by atoms with Gasteiger partial charge in [0.2, 0.25) is 0 Å². The van der Waals surface area contributed by atoms with E-state index in [1.807, 2.05) is 19.9 Å². The zero-order valence-corrected chi connectivity index (χ0v) is 19.0. The molecule has 0 aromatic heterocycles. The molecule has 1 heterocycles. The smallest absolute Gasteiger partial charge is 0.342 e. The molecule has 0 saturated carbocycles. The molecule has 0 spiro atoms. The molecule has 2 N–H and O–H groups in total. The van der Waals surface area contributed by atoms with Gasteiger partial charge in [0.25, 0.3) is 0 Å². The van der Waals surface area contributed by atoms with Crippen LogP contribution in [0, 0.1) is 6.92 Å². The van der Waals surface area contributed by atoms with Gasteiger partial charge >= 0.3 is 5.97 Å². The van der Waals surface area contributed by atoms with Crippen LogP contribution in [0.25, 0.3) is 0 Å². The van der Waals surface area contributed by atoms with E-state index in [0.717, 1.165) is 34.4 Å². The minimum absolute atomic E-state index is 0.268. The normalized spacial score (nSPS) is 14.0. The molecule has 0 saturated heterocycles. The molecule has 26 heavy (non-hydrogen) atoms. The zero-order valence-electron chi connectivity index (χ0n) is 15.2. The highest BCUT2D eigenvalue weighted by atomic mass is 127. The molecule has 0 radical (unpaired) electrons. The molecule has 0 unspecified atom stereocenters. The predicted octanol–water partition coefficient (Wildman–Crippen LogP) is 4.48. The second-order valence-electron chi connectivity index (χ2n) is 6.14. The summed E-state index contributed by atoms with van der Waals surface area (Å²) in [7, 11) is -0.284. The van der Waals surface area contributed by atoms with Gasteiger partial charge in [-0.05, 0) is 59.0 Å². The standard InChI is InChI=1S/C18H24IO5PS/c1-4-13-12(3)15-9-24-18(20)16(15)17(23-7-8-26-19)14(13)6-5-11(2)10-25(21)22/h5,21-22H,4,6-10H2,1-3H3/b11-5+. The van der Waals surface area contributed by atoms with Crippen molar-refractivity contribution in [1.29, 1.82) is 0 Å². The lowest BCUT2D eigenvalue weighted by molar-refractivity contribution is 0.0532. The molecule has 2 rings (SSSR count). The second kappa shape index (κ2) is 10.3. The number of allylic oxidation sites excluding steroid dienone is 2. The SMILES string of the molecule is CCc1c(C)c2c(c(OCCSI)c1C/C=C(\C)CP(O)O)C(=O)OC2. The average Bonchev–Trinajstić information content (AvgIpc) is 2.97. The van der Waals surface area contributed by atoms with Crippen LogP contribution in [0.4, 0.5) is 0 Å². The number of halogens is 1. The summed E-state index contributed by atoms with van der Waals surface area (Å²) in [6, 6.07) is 0. The van der Waals surface area contributed by atoms with Crippen LogP contribution in [-0.2, 0) is 24.2 Å². The first-order chi connectivity index (χ1) is 12.4. The molecule has 0 fully saturated rings. The number of carbonyl (C=O) groups excluding carboxylic acids is 1. The van der Waals surface area contributed by atoms with E-state index in [4.69, 9.17) is 9.47 Å². The highest BCUT2D eigenvalue weighted by molar-refractivity contribution is 14.2. The van der Waals surface area contributed by atoms with Crippen LogP contribution in [0.3, 0.4) is 0 Å². The highest BCUT2D eigenvalue weighted by Gasteiger charge is 2.32. The molecule has 8 heteroatoms. The largest absolute Gasteiger partial charge is 0.491 e. The number of ether oxygens (including phenoxy) is 2. The molecule has 0 atom stereocenters. The molecule has 1 aromatic rings. The molecule has 1 aliphatic rings. The third-order valence-corrected chi connectivity index (χ3v) is 6.85. The number of hydrogen-bond donors (Lipinski definition) is 2. The van der Waals surface area contributed by atoms with Crippen LogP contribution in [0.1, 0.15) is 46.5 Å². The van der Waals surface area contributed by atoms with Crippen LogP contribution in [0.15, 0.2) is 11.6 Å². The van der Waals surface area contributed by atoms with Gasteiger partial charge in [-0.25, -0.2) is 4.79 Å². The first kappa shape index (κ1) is 22.0. The molecule has 1 aliphatic heterocycles. The number of rotatable bonds is 9. The topological polar surface area (TPSA) is 76.0 Å². The highest BCUT2D eigenvalue weighted by Crippen LogP contribution is 2.39. The molecule has 0 bridgehead atoms. The maximum Gasteiger partial charge on any atom is 0.342 e. The number of carbonyl (C=O) groups is 1. The second-order valence-corrected chi connectivity index (χ2v) is 9.70. The van der Waals surface area contributed by atoms with E-state index in [0.29, 0.717) is 30.9 Å². The minimum atomic E-state index is -1.95. The van der Waals surface area contributed by atoms with Crippen molar-refractivity contribution in [2.45, 2.75) is 40.2 Å². The van der Waals surface area contributed by atoms with Crippen LogP contribution in [-0.4, -0.2) is 34.3 Å².